The number of carbonyl (C=O) groups is 1. The topological polar surface area (TPSA) is 107 Å². The minimum Gasteiger partial charge on any atom is -0.471 e. The number of imidazole rings is 1. The highest BCUT2D eigenvalue weighted by Gasteiger charge is 2.27. The number of halogens is 1. The third kappa shape index (κ3) is 6.12. The quantitative estimate of drug-likeness (QED) is 0.244. The first kappa shape index (κ1) is 28.8. The molecule has 0 amide bonds. The number of aryl methyl sites for hydroxylation is 1. The smallest absolute Gasteiger partial charge is 0.337 e. The van der Waals surface area contributed by atoms with Gasteiger partial charge in [-0.1, -0.05) is 13.0 Å². The van der Waals surface area contributed by atoms with E-state index in [1.54, 1.807) is 18.2 Å². The van der Waals surface area contributed by atoms with Crippen LogP contribution in [-0.4, -0.2) is 63.1 Å². The fraction of sp³-hybridized carbons (Fsp3) is 0.438. The standard InChI is InChI=1S/C32H35FN6O4/c1-3-22-17-39(36-31(22)43-20-24-5-4-21(16-34)14-27(24)33)25-8-11-37(12-9-25)19-30-35-28-7-6-23(32(40)41-2)15-29(28)38(30)18-26-10-13-42-26/h4-7,14-15,17,25-26H,3,8-13,18-20H2,1-2H3/t26-/m0/s1. The van der Waals surface area contributed by atoms with Crippen molar-refractivity contribution in [1.82, 2.24) is 24.2 Å². The summed E-state index contributed by atoms with van der Waals surface area (Å²) in [5, 5.41) is 13.7. The number of aromatic nitrogens is 4. The summed E-state index contributed by atoms with van der Waals surface area (Å²) in [7, 11) is 1.39. The molecule has 10 nitrogen and oxygen atoms in total. The number of hydrogen-bond acceptors (Lipinski definition) is 8. The molecule has 2 aromatic carbocycles. The summed E-state index contributed by atoms with van der Waals surface area (Å²) in [6.45, 7) is 6.05. The van der Waals surface area contributed by atoms with Crippen molar-refractivity contribution in [2.45, 2.75) is 64.4 Å². The molecule has 0 N–H and O–H groups in total. The van der Waals surface area contributed by atoms with Crippen LogP contribution in [0.15, 0.2) is 42.6 Å². The van der Waals surface area contributed by atoms with Crippen molar-refractivity contribution in [2.24, 2.45) is 0 Å². The molecular formula is C32H35FN6O4. The molecule has 4 aromatic rings. The Morgan fingerprint density at radius 2 is 1.98 bits per heavy atom. The number of ether oxygens (including phenoxy) is 3. The minimum absolute atomic E-state index is 0.0496. The number of esters is 1. The average molecular weight is 587 g/mol. The lowest BCUT2D eigenvalue weighted by Crippen LogP contribution is -2.36. The van der Waals surface area contributed by atoms with Gasteiger partial charge in [0.15, 0.2) is 0 Å². The molecule has 0 aliphatic carbocycles. The highest BCUT2D eigenvalue weighted by Crippen LogP contribution is 2.29. The number of fused-ring (bicyclic) bond motifs is 1. The molecule has 0 radical (unpaired) electrons. The first-order valence-electron chi connectivity index (χ1n) is 14.8. The summed E-state index contributed by atoms with van der Waals surface area (Å²) in [4.78, 5) is 19.5. The number of hydrogen-bond donors (Lipinski definition) is 0. The lowest BCUT2D eigenvalue weighted by Gasteiger charge is -2.32. The second kappa shape index (κ2) is 12.5. The SMILES string of the molecule is CCc1cn(C2CCN(Cc3nc4ccc(C(=O)OC)cc4n3C[C@@H]3CCO3)CC2)nc1OCc1ccc(C#N)cc1F. The van der Waals surface area contributed by atoms with Crippen LogP contribution in [0.3, 0.4) is 0 Å². The molecule has 6 rings (SSSR count). The van der Waals surface area contributed by atoms with E-state index < -0.39 is 5.82 Å². The summed E-state index contributed by atoms with van der Waals surface area (Å²) in [6.07, 6.45) is 5.81. The van der Waals surface area contributed by atoms with Gasteiger partial charge in [-0.2, -0.15) is 5.26 Å². The fourth-order valence-electron chi connectivity index (χ4n) is 5.76. The molecule has 2 aromatic heterocycles. The fourth-order valence-corrected chi connectivity index (χ4v) is 5.76. The molecule has 2 fully saturated rings. The summed E-state index contributed by atoms with van der Waals surface area (Å²) in [6, 6.07) is 12.1. The average Bonchev–Trinajstić information content (AvgIpc) is 3.58. The van der Waals surface area contributed by atoms with Crippen LogP contribution in [0.5, 0.6) is 5.88 Å². The van der Waals surface area contributed by atoms with E-state index >= 15 is 0 Å². The van der Waals surface area contributed by atoms with Gasteiger partial charge in [0.25, 0.3) is 0 Å². The second-order valence-electron chi connectivity index (χ2n) is 11.1. The van der Waals surface area contributed by atoms with E-state index in [1.165, 1.54) is 13.2 Å². The van der Waals surface area contributed by atoms with Gasteiger partial charge in [0.05, 0.1) is 60.6 Å². The summed E-state index contributed by atoms with van der Waals surface area (Å²) >= 11 is 0. The highest BCUT2D eigenvalue weighted by atomic mass is 19.1. The van der Waals surface area contributed by atoms with Crippen molar-refractivity contribution >= 4 is 17.0 Å². The van der Waals surface area contributed by atoms with Gasteiger partial charge in [-0.3, -0.25) is 9.58 Å². The number of piperidine rings is 1. The molecule has 2 saturated heterocycles. The molecule has 4 heterocycles. The maximum Gasteiger partial charge on any atom is 0.337 e. The molecule has 11 heteroatoms. The van der Waals surface area contributed by atoms with Crippen molar-refractivity contribution in [2.75, 3.05) is 26.8 Å². The number of benzene rings is 2. The molecule has 0 unspecified atom stereocenters. The largest absolute Gasteiger partial charge is 0.471 e. The van der Waals surface area contributed by atoms with Gasteiger partial charge in [0.2, 0.25) is 5.88 Å². The van der Waals surface area contributed by atoms with Crippen molar-refractivity contribution < 1.29 is 23.4 Å². The molecule has 2 aliphatic rings. The highest BCUT2D eigenvalue weighted by molar-refractivity contribution is 5.93. The summed E-state index contributed by atoms with van der Waals surface area (Å²) < 4.78 is 35.2. The van der Waals surface area contributed by atoms with Crippen LogP contribution >= 0.6 is 0 Å². The second-order valence-corrected chi connectivity index (χ2v) is 11.1. The normalized spacial score (nSPS) is 17.5. The van der Waals surface area contributed by atoms with Crippen molar-refractivity contribution in [3.05, 3.63) is 76.5 Å². The number of carbonyl (C=O) groups excluding carboxylic acids is 1. The lowest BCUT2D eigenvalue weighted by atomic mass is 10.1. The Kier molecular flexibility index (Phi) is 8.40. The van der Waals surface area contributed by atoms with E-state index in [-0.39, 0.29) is 30.3 Å². The van der Waals surface area contributed by atoms with Crippen LogP contribution in [0.4, 0.5) is 4.39 Å². The van der Waals surface area contributed by atoms with Crippen LogP contribution in [0.1, 0.15) is 65.1 Å². The number of nitriles is 1. The van der Waals surface area contributed by atoms with Gasteiger partial charge in [-0.25, -0.2) is 14.2 Å². The van der Waals surface area contributed by atoms with Crippen molar-refractivity contribution in [3.8, 4) is 11.9 Å². The Morgan fingerprint density at radius 3 is 2.65 bits per heavy atom. The van der Waals surface area contributed by atoms with E-state index in [0.29, 0.717) is 30.1 Å². The van der Waals surface area contributed by atoms with E-state index in [2.05, 4.69) is 9.47 Å². The van der Waals surface area contributed by atoms with Gasteiger partial charge in [0.1, 0.15) is 18.2 Å². The van der Waals surface area contributed by atoms with E-state index in [1.807, 2.05) is 36.0 Å². The maximum atomic E-state index is 14.4. The number of nitrogens with zero attached hydrogens (tertiary/aromatic N) is 6. The van der Waals surface area contributed by atoms with Gasteiger partial charge < -0.3 is 18.8 Å². The number of rotatable bonds is 10. The minimum atomic E-state index is -0.457. The Hall–Kier alpha value is -4.27. The molecule has 0 saturated carbocycles. The Bertz CT molecular complexity index is 1660. The zero-order chi connectivity index (χ0) is 29.9. The monoisotopic (exact) mass is 586 g/mol. The van der Waals surface area contributed by atoms with Crippen molar-refractivity contribution in [3.63, 3.8) is 0 Å². The zero-order valence-corrected chi connectivity index (χ0v) is 24.5. The number of methoxy groups -OCH3 is 1. The lowest BCUT2D eigenvalue weighted by molar-refractivity contribution is -0.0592. The van der Waals surface area contributed by atoms with Crippen molar-refractivity contribution in [1.29, 1.82) is 5.26 Å². The van der Waals surface area contributed by atoms with Gasteiger partial charge in [0, 0.05) is 37.0 Å². The van der Waals surface area contributed by atoms with Crippen LogP contribution in [0.2, 0.25) is 0 Å². The predicted molar refractivity (Wildman–Crippen MR) is 156 cm³/mol. The number of likely N-dealkylation sites (tertiary alicyclic amines) is 1. The Balaban J connectivity index is 1.12. The maximum absolute atomic E-state index is 14.4. The van der Waals surface area contributed by atoms with Crippen LogP contribution < -0.4 is 4.74 Å². The van der Waals surface area contributed by atoms with E-state index in [4.69, 9.17) is 29.6 Å². The third-order valence-electron chi connectivity index (χ3n) is 8.42. The summed E-state index contributed by atoms with van der Waals surface area (Å²) in [5.74, 6) is 0.663. The van der Waals surface area contributed by atoms with Crippen LogP contribution in [0, 0.1) is 17.1 Å². The van der Waals surface area contributed by atoms with Gasteiger partial charge in [-0.05, 0) is 56.0 Å². The first-order valence-corrected chi connectivity index (χ1v) is 14.8. The molecule has 43 heavy (non-hydrogen) atoms. The van der Waals surface area contributed by atoms with Crippen LogP contribution in [0.25, 0.3) is 11.0 Å². The Morgan fingerprint density at radius 1 is 1.16 bits per heavy atom. The van der Waals surface area contributed by atoms with Gasteiger partial charge >= 0.3 is 5.97 Å². The zero-order valence-electron chi connectivity index (χ0n) is 24.5. The van der Waals surface area contributed by atoms with E-state index in [0.717, 1.165) is 67.8 Å². The molecular weight excluding hydrogens is 551 g/mol. The molecule has 0 bridgehead atoms. The van der Waals surface area contributed by atoms with Gasteiger partial charge in [-0.15, -0.1) is 5.10 Å². The third-order valence-corrected chi connectivity index (χ3v) is 8.42. The summed E-state index contributed by atoms with van der Waals surface area (Å²) in [5.41, 5.74) is 3.93. The molecule has 0 spiro atoms. The van der Waals surface area contributed by atoms with Crippen LogP contribution in [-0.2, 0) is 35.6 Å². The predicted octanol–water partition coefficient (Wildman–Crippen LogP) is 4.80. The molecule has 224 valence electrons. The molecule has 2 aliphatic heterocycles. The molecule has 1 atom stereocenters. The first-order chi connectivity index (χ1) is 20.9. The van der Waals surface area contributed by atoms with E-state index in [9.17, 15) is 9.18 Å². The Labute approximate surface area is 249 Å².